The number of benzene rings is 3. The average molecular weight is 380 g/mol. The predicted molar refractivity (Wildman–Crippen MR) is 108 cm³/mol. The van der Waals surface area contributed by atoms with Crippen molar-refractivity contribution in [3.05, 3.63) is 82.7 Å². The topological polar surface area (TPSA) is 0 Å². The Morgan fingerprint density at radius 1 is 0.714 bits per heavy atom. The van der Waals surface area contributed by atoms with E-state index in [0.717, 1.165) is 30.5 Å². The summed E-state index contributed by atoms with van der Waals surface area (Å²) < 4.78 is 40.4. The highest BCUT2D eigenvalue weighted by Crippen LogP contribution is 2.39. The first-order chi connectivity index (χ1) is 13.6. The van der Waals surface area contributed by atoms with Gasteiger partial charge in [0.2, 0.25) is 0 Å². The van der Waals surface area contributed by atoms with Crippen LogP contribution in [-0.2, 0) is 12.8 Å². The SMILES string of the molecule is CCCCCCc1ccc2c(c1)Cc1cc(-c3cc(F)c(F)c(F)c3)ccc1-2. The summed E-state index contributed by atoms with van der Waals surface area (Å²) in [6.07, 6.45) is 6.91. The van der Waals surface area contributed by atoms with Gasteiger partial charge in [-0.1, -0.05) is 62.6 Å². The first-order valence-electron chi connectivity index (χ1n) is 9.97. The Hall–Kier alpha value is -2.55. The Balaban J connectivity index is 1.58. The Morgan fingerprint density at radius 2 is 1.39 bits per heavy atom. The molecule has 3 heteroatoms. The van der Waals surface area contributed by atoms with E-state index >= 15 is 0 Å². The van der Waals surface area contributed by atoms with Gasteiger partial charge in [-0.05, 0) is 70.3 Å². The maximum Gasteiger partial charge on any atom is 0.194 e. The zero-order valence-electron chi connectivity index (χ0n) is 16.0. The zero-order valence-corrected chi connectivity index (χ0v) is 16.0. The fourth-order valence-electron chi connectivity index (χ4n) is 4.08. The minimum absolute atomic E-state index is 0.353. The summed E-state index contributed by atoms with van der Waals surface area (Å²) in [5, 5.41) is 0. The van der Waals surface area contributed by atoms with Crippen LogP contribution in [0.15, 0.2) is 48.5 Å². The van der Waals surface area contributed by atoms with Crippen LogP contribution in [0, 0.1) is 17.5 Å². The molecule has 28 heavy (non-hydrogen) atoms. The van der Waals surface area contributed by atoms with Gasteiger partial charge in [-0.2, -0.15) is 0 Å². The maximum atomic E-state index is 13.6. The Kier molecular flexibility index (Phi) is 5.25. The van der Waals surface area contributed by atoms with E-state index in [-0.39, 0.29) is 0 Å². The molecule has 0 bridgehead atoms. The lowest BCUT2D eigenvalue weighted by Gasteiger charge is -2.07. The van der Waals surface area contributed by atoms with Crippen LogP contribution in [0.5, 0.6) is 0 Å². The minimum Gasteiger partial charge on any atom is -0.204 e. The molecule has 3 aromatic carbocycles. The molecule has 1 aliphatic rings. The van der Waals surface area contributed by atoms with Crippen molar-refractivity contribution in [2.24, 2.45) is 0 Å². The highest BCUT2D eigenvalue weighted by Gasteiger charge is 2.20. The zero-order chi connectivity index (χ0) is 19.7. The second-order valence-electron chi connectivity index (χ2n) is 7.60. The van der Waals surface area contributed by atoms with Crippen LogP contribution in [0.25, 0.3) is 22.3 Å². The molecule has 0 atom stereocenters. The third-order valence-corrected chi connectivity index (χ3v) is 5.58. The minimum atomic E-state index is -1.43. The summed E-state index contributed by atoms with van der Waals surface area (Å²) >= 11 is 0. The number of rotatable bonds is 6. The van der Waals surface area contributed by atoms with E-state index in [2.05, 4.69) is 25.1 Å². The number of unbranched alkanes of at least 4 members (excludes halogenated alkanes) is 3. The average Bonchev–Trinajstić information content (AvgIpc) is 3.06. The molecule has 4 rings (SSSR count). The molecule has 0 saturated carbocycles. The molecule has 0 amide bonds. The molecule has 0 saturated heterocycles. The Bertz CT molecular complexity index is 997. The monoisotopic (exact) mass is 380 g/mol. The van der Waals surface area contributed by atoms with E-state index in [1.54, 1.807) is 0 Å². The molecule has 1 aliphatic carbocycles. The van der Waals surface area contributed by atoms with E-state index in [1.165, 1.54) is 47.9 Å². The summed E-state index contributed by atoms with van der Waals surface area (Å²) in [5.74, 6) is -3.75. The van der Waals surface area contributed by atoms with Crippen LogP contribution >= 0.6 is 0 Å². The normalized spacial score (nSPS) is 12.1. The fraction of sp³-hybridized carbons (Fsp3) is 0.280. The first-order valence-corrected chi connectivity index (χ1v) is 9.97. The van der Waals surface area contributed by atoms with Crippen molar-refractivity contribution in [1.82, 2.24) is 0 Å². The Morgan fingerprint density at radius 3 is 2.11 bits per heavy atom. The van der Waals surface area contributed by atoms with Crippen molar-refractivity contribution in [1.29, 1.82) is 0 Å². The Labute approximate surface area is 164 Å². The maximum absolute atomic E-state index is 13.6. The summed E-state index contributed by atoms with van der Waals surface area (Å²) in [6.45, 7) is 2.22. The molecule has 0 aliphatic heterocycles. The van der Waals surface area contributed by atoms with Gasteiger partial charge in [-0.25, -0.2) is 13.2 Å². The summed E-state index contributed by atoms with van der Waals surface area (Å²) in [5.41, 5.74) is 7.26. The molecule has 0 aromatic heterocycles. The summed E-state index contributed by atoms with van der Waals surface area (Å²) in [7, 11) is 0. The van der Waals surface area contributed by atoms with E-state index < -0.39 is 17.5 Å². The lowest BCUT2D eigenvalue weighted by atomic mass is 9.98. The molecule has 0 unspecified atom stereocenters. The number of fused-ring (bicyclic) bond motifs is 3. The van der Waals surface area contributed by atoms with E-state index in [9.17, 15) is 13.2 Å². The molecule has 0 nitrogen and oxygen atoms in total. The predicted octanol–water partition coefficient (Wildman–Crippen LogP) is 7.46. The van der Waals surface area contributed by atoms with Crippen LogP contribution in [0.4, 0.5) is 13.2 Å². The molecule has 0 spiro atoms. The molecule has 144 valence electrons. The van der Waals surface area contributed by atoms with Crippen molar-refractivity contribution < 1.29 is 13.2 Å². The highest BCUT2D eigenvalue weighted by atomic mass is 19.2. The van der Waals surface area contributed by atoms with Gasteiger partial charge in [0.1, 0.15) is 0 Å². The third-order valence-electron chi connectivity index (χ3n) is 5.58. The second-order valence-corrected chi connectivity index (χ2v) is 7.60. The van der Waals surface area contributed by atoms with Crippen LogP contribution in [0.3, 0.4) is 0 Å². The lowest BCUT2D eigenvalue weighted by Crippen LogP contribution is -1.92. The smallest absolute Gasteiger partial charge is 0.194 e. The fourth-order valence-corrected chi connectivity index (χ4v) is 4.08. The molecular weight excluding hydrogens is 357 g/mol. The van der Waals surface area contributed by atoms with Crippen molar-refractivity contribution in [2.75, 3.05) is 0 Å². The largest absolute Gasteiger partial charge is 0.204 e. The molecule has 3 aromatic rings. The number of hydrogen-bond donors (Lipinski definition) is 0. The van der Waals surface area contributed by atoms with Gasteiger partial charge in [0.15, 0.2) is 17.5 Å². The first kappa shape index (κ1) is 18.8. The van der Waals surface area contributed by atoms with Gasteiger partial charge in [-0.15, -0.1) is 0 Å². The van der Waals surface area contributed by atoms with Crippen molar-refractivity contribution >= 4 is 0 Å². The quantitative estimate of drug-likeness (QED) is 0.240. The standard InChI is InChI=1S/C25H23F3/c1-2-3-4-5-6-16-7-9-21-19(11-16)13-20-12-17(8-10-22(20)21)18-14-23(26)25(28)24(27)15-18/h7-12,14-15H,2-6,13H2,1H3. The van der Waals surface area contributed by atoms with Crippen molar-refractivity contribution in [3.63, 3.8) is 0 Å². The van der Waals surface area contributed by atoms with Gasteiger partial charge in [0.25, 0.3) is 0 Å². The van der Waals surface area contributed by atoms with Crippen LogP contribution in [0.2, 0.25) is 0 Å². The van der Waals surface area contributed by atoms with Crippen LogP contribution in [-0.4, -0.2) is 0 Å². The van der Waals surface area contributed by atoms with Crippen molar-refractivity contribution in [3.8, 4) is 22.3 Å². The number of aryl methyl sites for hydroxylation is 1. The van der Waals surface area contributed by atoms with Gasteiger partial charge in [-0.3, -0.25) is 0 Å². The molecular formula is C25H23F3. The second kappa shape index (κ2) is 7.83. The molecule has 0 heterocycles. The summed E-state index contributed by atoms with van der Waals surface area (Å²) in [4.78, 5) is 0. The molecule has 0 N–H and O–H groups in total. The lowest BCUT2D eigenvalue weighted by molar-refractivity contribution is 0.448. The summed E-state index contributed by atoms with van der Waals surface area (Å²) in [6, 6.07) is 14.6. The van der Waals surface area contributed by atoms with Crippen molar-refractivity contribution in [2.45, 2.75) is 45.4 Å². The van der Waals surface area contributed by atoms with E-state index in [1.807, 2.05) is 18.2 Å². The van der Waals surface area contributed by atoms with Gasteiger partial charge < -0.3 is 0 Å². The highest BCUT2D eigenvalue weighted by molar-refractivity contribution is 5.80. The van der Waals surface area contributed by atoms with Gasteiger partial charge in [0, 0.05) is 0 Å². The van der Waals surface area contributed by atoms with Crippen LogP contribution in [0.1, 0.15) is 49.3 Å². The number of halogens is 3. The molecule has 0 fully saturated rings. The van der Waals surface area contributed by atoms with E-state index in [4.69, 9.17) is 0 Å². The van der Waals surface area contributed by atoms with Crippen LogP contribution < -0.4 is 0 Å². The van der Waals surface area contributed by atoms with E-state index in [0.29, 0.717) is 11.1 Å². The molecule has 0 radical (unpaired) electrons. The number of hydrogen-bond acceptors (Lipinski definition) is 0. The van der Waals surface area contributed by atoms with Gasteiger partial charge >= 0.3 is 0 Å². The third kappa shape index (κ3) is 3.58. The van der Waals surface area contributed by atoms with Gasteiger partial charge in [0.05, 0.1) is 0 Å².